The van der Waals surface area contributed by atoms with Crippen LogP contribution in [-0.2, 0) is 92.7 Å². The fourth-order valence-electron chi connectivity index (χ4n) is 11.5. The number of ketones is 2. The first-order valence-electron chi connectivity index (χ1n) is 34.3. The van der Waals surface area contributed by atoms with E-state index < -0.39 is 58.1 Å². The molecule has 8 rings (SSSR count). The summed E-state index contributed by atoms with van der Waals surface area (Å²) < 4.78 is 38.3. The number of nitrogens with one attached hydrogen (secondary N) is 6. The number of fused-ring (bicyclic) bond motifs is 2. The van der Waals surface area contributed by atoms with Crippen LogP contribution in [-0.4, -0.2) is 223 Å². The average Bonchev–Trinajstić information content (AvgIpc) is 1.62. The number of rotatable bonds is 47. The maximum absolute atomic E-state index is 13.8. The molecule has 4 amide bonds. The maximum atomic E-state index is 13.8. The van der Waals surface area contributed by atoms with Crippen molar-refractivity contribution in [1.29, 1.82) is 0 Å². The van der Waals surface area contributed by atoms with Crippen molar-refractivity contribution >= 4 is 93.0 Å². The van der Waals surface area contributed by atoms with Crippen LogP contribution in [0.5, 0.6) is 0 Å². The fraction of sp³-hybridized carbons (Fsp3) is 0.543. The summed E-state index contributed by atoms with van der Waals surface area (Å²) in [5.41, 5.74) is 2.87. The zero-order chi connectivity index (χ0) is 73.0. The summed E-state index contributed by atoms with van der Waals surface area (Å²) in [5.74, 6) is -2.56. The first-order valence-corrected chi connectivity index (χ1v) is 36.2. The lowest BCUT2D eigenvalue weighted by atomic mass is 10.0. The summed E-state index contributed by atoms with van der Waals surface area (Å²) in [6.07, 6.45) is 6.69. The van der Waals surface area contributed by atoms with Gasteiger partial charge in [-0.1, -0.05) is 24.3 Å². The number of benzene rings is 2. The van der Waals surface area contributed by atoms with Gasteiger partial charge in [0.1, 0.15) is 36.5 Å². The number of carboxylic acid groups (broad SMARTS) is 2. The van der Waals surface area contributed by atoms with Crippen LogP contribution >= 0.6 is 23.5 Å². The van der Waals surface area contributed by atoms with E-state index in [0.29, 0.717) is 141 Å². The first kappa shape index (κ1) is 79.5. The topological polar surface area (TPSA) is 384 Å². The molecule has 2 saturated heterocycles. The summed E-state index contributed by atoms with van der Waals surface area (Å²) in [5, 5.41) is 37.0. The third kappa shape index (κ3) is 23.7. The molecule has 554 valence electrons. The van der Waals surface area contributed by atoms with Crippen LogP contribution in [0, 0.1) is 0 Å². The van der Waals surface area contributed by atoms with E-state index in [0.717, 1.165) is 6.42 Å². The summed E-state index contributed by atoms with van der Waals surface area (Å²) in [6, 6.07) is 16.8. The van der Waals surface area contributed by atoms with Crippen molar-refractivity contribution in [2.45, 2.75) is 139 Å². The predicted octanol–water partition coefficient (Wildman–Crippen LogP) is 3.08. The highest BCUT2D eigenvalue weighted by Gasteiger charge is 2.42. The first-order chi connectivity index (χ1) is 49.1. The molecule has 0 bridgehead atoms. The number of carboxylic acids is 2. The number of Topliss-reactive ketones (excluding diaryl/α,β-unsaturated/α-hetero) is 2. The lowest BCUT2D eigenvalue weighted by Gasteiger charge is -2.26. The average molecular weight is 1460 g/mol. The molecule has 0 saturated carbocycles. The number of carbonyl (C=O) groups excluding carboxylic acids is 6. The van der Waals surface area contributed by atoms with Crippen LogP contribution in [0.25, 0.3) is 33.7 Å². The molecule has 6 aromatic rings. The molecule has 2 fully saturated rings. The minimum atomic E-state index is -1.17. The molecule has 2 aromatic carbocycles. The minimum absolute atomic E-state index is 0.0199. The van der Waals surface area contributed by atoms with Crippen LogP contribution in [0.2, 0.25) is 0 Å². The second kappa shape index (κ2) is 40.0. The number of imidazole rings is 2. The molecule has 0 unspecified atom stereocenters. The van der Waals surface area contributed by atoms with E-state index in [2.05, 4.69) is 41.9 Å². The van der Waals surface area contributed by atoms with Gasteiger partial charge in [0.05, 0.1) is 88.4 Å². The van der Waals surface area contributed by atoms with Crippen LogP contribution in [0.3, 0.4) is 0 Å². The Bertz CT molecular complexity index is 3660. The number of aromatic nitrogens is 6. The minimum Gasteiger partial charge on any atom is -0.480 e. The fourth-order valence-corrected chi connectivity index (χ4v) is 13.5. The Hall–Kier alpha value is -8.18. The Morgan fingerprint density at radius 1 is 0.500 bits per heavy atom. The zero-order valence-electron chi connectivity index (χ0n) is 58.1. The highest BCUT2D eigenvalue weighted by Crippen LogP contribution is 2.34. The van der Waals surface area contributed by atoms with E-state index in [1.54, 1.807) is 109 Å². The lowest BCUT2D eigenvalue weighted by molar-refractivity contribution is -0.142. The Kier molecular flexibility index (Phi) is 31.2. The SMILES string of the molecule is CC1(C)SCN[C@@H]1C(=O)N[C@@H](Cc1ccc(-n2c(=O)n(CC(=O)CCCOCCOCCC(=O)CCCCOCCOCCCNC(=O)CCOCCOCCNC(=O)Cn3c(=O)n(-c4ccc(C[C@H](NC(=O)[C@H]5NCSC5(C)C)C(=O)O)cc4)c4ncccc43)c3cccnc32)cc1)C(=O)O. The number of hydrogen-bond acceptors (Lipinski definition) is 22. The van der Waals surface area contributed by atoms with Gasteiger partial charge in [0, 0.05) is 105 Å². The second-order valence-electron chi connectivity index (χ2n) is 25.6. The van der Waals surface area contributed by atoms with E-state index in [9.17, 15) is 58.2 Å². The zero-order valence-corrected chi connectivity index (χ0v) is 59.8. The normalized spacial score (nSPS) is 16.0. The van der Waals surface area contributed by atoms with E-state index in [1.807, 2.05) is 27.7 Å². The number of unbranched alkanes of at least 4 members (excludes halogenated alkanes) is 1. The van der Waals surface area contributed by atoms with E-state index in [-0.39, 0.29) is 112 Å². The molecule has 32 heteroatoms. The van der Waals surface area contributed by atoms with Crippen LogP contribution in [0.4, 0.5) is 0 Å². The summed E-state index contributed by atoms with van der Waals surface area (Å²) in [7, 11) is 0. The summed E-state index contributed by atoms with van der Waals surface area (Å²) in [6.45, 7) is 11.7. The second-order valence-corrected chi connectivity index (χ2v) is 28.8. The van der Waals surface area contributed by atoms with Crippen molar-refractivity contribution in [1.82, 2.24) is 60.1 Å². The molecule has 6 heterocycles. The Balaban J connectivity index is 0.574. The molecule has 2 aliphatic rings. The maximum Gasteiger partial charge on any atom is 0.335 e. The van der Waals surface area contributed by atoms with Gasteiger partial charge in [-0.3, -0.25) is 48.5 Å². The molecular formula is C70H94N12O18S2. The smallest absolute Gasteiger partial charge is 0.335 e. The largest absolute Gasteiger partial charge is 0.480 e. The van der Waals surface area contributed by atoms with Gasteiger partial charge in [-0.2, -0.15) is 0 Å². The predicted molar refractivity (Wildman–Crippen MR) is 382 cm³/mol. The summed E-state index contributed by atoms with van der Waals surface area (Å²) in [4.78, 5) is 137. The van der Waals surface area contributed by atoms with Crippen LogP contribution in [0.1, 0.15) is 90.2 Å². The molecule has 102 heavy (non-hydrogen) atoms. The molecule has 4 atom stereocenters. The van der Waals surface area contributed by atoms with Gasteiger partial charge in [0.25, 0.3) is 0 Å². The Morgan fingerprint density at radius 2 is 0.931 bits per heavy atom. The molecule has 2 aliphatic heterocycles. The third-order valence-electron chi connectivity index (χ3n) is 17.1. The van der Waals surface area contributed by atoms with Gasteiger partial charge >= 0.3 is 23.3 Å². The molecule has 0 spiro atoms. The number of aliphatic carboxylic acids is 2. The monoisotopic (exact) mass is 1450 g/mol. The van der Waals surface area contributed by atoms with Crippen molar-refractivity contribution in [3.63, 3.8) is 0 Å². The number of pyridine rings is 2. The number of nitrogens with zero attached hydrogens (tertiary/aromatic N) is 6. The van der Waals surface area contributed by atoms with Crippen LogP contribution in [0.15, 0.2) is 94.8 Å². The lowest BCUT2D eigenvalue weighted by Crippen LogP contribution is -2.54. The number of amides is 4. The number of carbonyl (C=O) groups is 8. The van der Waals surface area contributed by atoms with Gasteiger partial charge in [-0.25, -0.2) is 38.3 Å². The molecular weight excluding hydrogens is 1360 g/mol. The van der Waals surface area contributed by atoms with Crippen molar-refractivity contribution < 1.29 is 77.0 Å². The number of ether oxygens (including phenoxy) is 6. The van der Waals surface area contributed by atoms with E-state index >= 15 is 0 Å². The van der Waals surface area contributed by atoms with E-state index in [4.69, 9.17) is 28.4 Å². The highest BCUT2D eigenvalue weighted by molar-refractivity contribution is 8.01. The van der Waals surface area contributed by atoms with Crippen molar-refractivity contribution in [3.05, 3.63) is 117 Å². The standard InChI is InChI=1S/C70H94N12O18S2/c1-69(2)59(75-45-101-69)63(87)77-53(65(89)90)41-47-15-19-49(20-16-47)81-61-55(13-7-25-73-61)79(67(81)93)43-52(84)12-9-30-96-37-38-98-32-23-51(83)11-5-6-29-95-35-36-97-31-10-27-71-57(85)24-33-99-39-40-100-34-28-72-58(86)44-80-56-14-8-26-74-62(56)82(68(80)94)50-21-17-48(18-22-50)42-54(66(91)92)78-64(88)60-70(3,4)102-46-76-60/h7-8,13-22,25-26,53-54,59-60,75-76H,5-6,9-12,23-24,27-46H2,1-4H3,(H,71,85)(H,72,86)(H,77,87)(H,78,88)(H,89,90)(H,91,92)/t53-,54-,59+,60+/m0/s1. The van der Waals surface area contributed by atoms with Gasteiger partial charge in [-0.15, -0.1) is 23.5 Å². The van der Waals surface area contributed by atoms with Crippen LogP contribution < -0.4 is 43.3 Å². The third-order valence-corrected chi connectivity index (χ3v) is 19.7. The molecule has 8 N–H and O–H groups in total. The number of thioether (sulfide) groups is 2. The van der Waals surface area contributed by atoms with Gasteiger partial charge < -0.3 is 59.9 Å². The Labute approximate surface area is 598 Å². The molecule has 0 radical (unpaired) electrons. The van der Waals surface area contributed by atoms with E-state index in [1.165, 1.54) is 18.3 Å². The Morgan fingerprint density at radius 3 is 1.41 bits per heavy atom. The molecule has 30 nitrogen and oxygen atoms in total. The van der Waals surface area contributed by atoms with Crippen molar-refractivity contribution in [2.24, 2.45) is 0 Å². The molecule has 0 aliphatic carbocycles. The van der Waals surface area contributed by atoms with Crippen molar-refractivity contribution in [3.8, 4) is 11.4 Å². The highest BCUT2D eigenvalue weighted by atomic mass is 32.2. The number of hydrogen-bond donors (Lipinski definition) is 8. The van der Waals surface area contributed by atoms with Gasteiger partial charge in [-0.05, 0) is 113 Å². The summed E-state index contributed by atoms with van der Waals surface area (Å²) >= 11 is 3.17. The quantitative estimate of drug-likeness (QED) is 0.0254. The van der Waals surface area contributed by atoms with Gasteiger partial charge in [0.2, 0.25) is 23.6 Å². The van der Waals surface area contributed by atoms with Crippen molar-refractivity contribution in [2.75, 3.05) is 104 Å². The molecule has 4 aromatic heterocycles. The van der Waals surface area contributed by atoms with Gasteiger partial charge in [0.15, 0.2) is 17.1 Å².